The lowest BCUT2D eigenvalue weighted by atomic mass is 9.33. The Kier molecular flexibility index (Phi) is 10.2. The summed E-state index contributed by atoms with van der Waals surface area (Å²) in [5.74, 6) is 0. The van der Waals surface area contributed by atoms with Gasteiger partial charge in [-0.15, -0.1) is 0 Å². The Balaban J connectivity index is 1.07. The van der Waals surface area contributed by atoms with E-state index in [1.54, 1.807) is 0 Å². The van der Waals surface area contributed by atoms with Crippen LogP contribution >= 0.6 is 0 Å². The van der Waals surface area contributed by atoms with Crippen molar-refractivity contribution in [3.63, 3.8) is 0 Å². The van der Waals surface area contributed by atoms with Crippen LogP contribution in [-0.2, 0) is 5.41 Å². The van der Waals surface area contributed by atoms with Crippen molar-refractivity contribution in [1.29, 1.82) is 0 Å². The summed E-state index contributed by atoms with van der Waals surface area (Å²) in [7, 11) is 0. The van der Waals surface area contributed by atoms with E-state index in [4.69, 9.17) is 0 Å². The van der Waals surface area contributed by atoms with E-state index in [2.05, 4.69) is 307 Å². The average molecular weight is 965 g/mol. The SMILES string of the molecule is c1ccc(-c2ccc(N3c4ccc(-c5ccccc5)cc4B4c5cc6c(cc5N(c5ccc(-c7ccccc7)cc5)c5cc(-c7ccccc7)cc3c54)-c3ccccc3C6(c3ccccc3)c3ccccc3)cc2)cc1. The number of anilines is 6. The van der Waals surface area contributed by atoms with Crippen molar-refractivity contribution < 1.29 is 0 Å². The second kappa shape index (κ2) is 17.8. The zero-order valence-corrected chi connectivity index (χ0v) is 41.8. The average Bonchev–Trinajstić information content (AvgIpc) is 4.02. The van der Waals surface area contributed by atoms with Crippen LogP contribution in [-0.4, -0.2) is 6.71 Å². The molecule has 0 saturated carbocycles. The number of nitrogens with zero attached hydrogens (tertiary/aromatic N) is 2. The monoisotopic (exact) mass is 964 g/mol. The van der Waals surface area contributed by atoms with Crippen LogP contribution in [0.15, 0.2) is 297 Å². The Morgan fingerprint density at radius 3 is 1.16 bits per heavy atom. The predicted octanol–water partition coefficient (Wildman–Crippen LogP) is 16.8. The van der Waals surface area contributed by atoms with Gasteiger partial charge in [0.25, 0.3) is 6.71 Å². The van der Waals surface area contributed by atoms with Crippen molar-refractivity contribution in [2.75, 3.05) is 9.80 Å². The highest BCUT2D eigenvalue weighted by atomic mass is 15.2. The Labute approximate surface area is 445 Å². The van der Waals surface area contributed by atoms with Gasteiger partial charge < -0.3 is 9.80 Å². The summed E-state index contributed by atoms with van der Waals surface area (Å²) in [4.78, 5) is 5.13. The van der Waals surface area contributed by atoms with Crippen molar-refractivity contribution in [2.45, 2.75) is 5.41 Å². The van der Waals surface area contributed by atoms with Gasteiger partial charge in [0.15, 0.2) is 0 Å². The normalized spacial score (nSPS) is 13.3. The number of fused-ring (bicyclic) bond motifs is 7. The summed E-state index contributed by atoms with van der Waals surface area (Å²) in [5, 5.41) is 0. The summed E-state index contributed by atoms with van der Waals surface area (Å²) < 4.78 is 0. The predicted molar refractivity (Wildman–Crippen MR) is 320 cm³/mol. The molecule has 0 spiro atoms. The Bertz CT molecular complexity index is 4090. The molecule has 2 nitrogen and oxygen atoms in total. The van der Waals surface area contributed by atoms with E-state index >= 15 is 0 Å². The van der Waals surface area contributed by atoms with E-state index in [1.807, 2.05) is 0 Å². The molecule has 0 aromatic heterocycles. The van der Waals surface area contributed by atoms with Crippen LogP contribution in [0.3, 0.4) is 0 Å². The fourth-order valence-corrected chi connectivity index (χ4v) is 13.0. The molecule has 0 saturated heterocycles. The summed E-state index contributed by atoms with van der Waals surface area (Å²) in [5.41, 5.74) is 27.3. The van der Waals surface area contributed by atoms with Gasteiger partial charge in [0.2, 0.25) is 0 Å². The highest BCUT2D eigenvalue weighted by Gasteiger charge is 2.50. The van der Waals surface area contributed by atoms with E-state index in [1.165, 1.54) is 111 Å². The summed E-state index contributed by atoms with van der Waals surface area (Å²) in [6.45, 7) is -0.138. The molecular formula is C73H49BN2. The Hall–Kier alpha value is -9.70. The van der Waals surface area contributed by atoms with Gasteiger partial charge in [-0.2, -0.15) is 0 Å². The highest BCUT2D eigenvalue weighted by Crippen LogP contribution is 2.58. The van der Waals surface area contributed by atoms with Crippen LogP contribution in [0.1, 0.15) is 22.3 Å². The number of hydrogen-bond donors (Lipinski definition) is 0. The molecule has 3 heteroatoms. The minimum Gasteiger partial charge on any atom is -0.311 e. The minimum absolute atomic E-state index is 0.138. The summed E-state index contributed by atoms with van der Waals surface area (Å²) in [6, 6.07) is 111. The van der Waals surface area contributed by atoms with Gasteiger partial charge in [-0.3, -0.25) is 0 Å². The molecule has 354 valence electrons. The second-order valence-corrected chi connectivity index (χ2v) is 20.3. The van der Waals surface area contributed by atoms with Crippen LogP contribution in [0, 0.1) is 0 Å². The van der Waals surface area contributed by atoms with Gasteiger partial charge in [0, 0.05) is 34.1 Å². The molecule has 2 heterocycles. The molecule has 0 radical (unpaired) electrons. The van der Waals surface area contributed by atoms with Crippen LogP contribution < -0.4 is 26.2 Å². The molecule has 3 aliphatic rings. The van der Waals surface area contributed by atoms with Gasteiger partial charge >= 0.3 is 0 Å². The van der Waals surface area contributed by atoms with Crippen LogP contribution in [0.2, 0.25) is 0 Å². The Morgan fingerprint density at radius 2 is 0.645 bits per heavy atom. The van der Waals surface area contributed by atoms with E-state index in [0.717, 1.165) is 16.9 Å². The number of hydrogen-bond acceptors (Lipinski definition) is 2. The Morgan fingerprint density at radius 1 is 0.250 bits per heavy atom. The van der Waals surface area contributed by atoms with Gasteiger partial charge in [-0.05, 0) is 143 Å². The lowest BCUT2D eigenvalue weighted by Crippen LogP contribution is -2.61. The molecule has 1 aliphatic carbocycles. The lowest BCUT2D eigenvalue weighted by molar-refractivity contribution is 0.769. The molecule has 2 aliphatic heterocycles. The number of rotatable bonds is 8. The molecule has 15 rings (SSSR count). The van der Waals surface area contributed by atoms with Crippen LogP contribution in [0.4, 0.5) is 34.1 Å². The molecule has 0 amide bonds. The molecule has 0 bridgehead atoms. The van der Waals surface area contributed by atoms with Crippen LogP contribution in [0.5, 0.6) is 0 Å². The fourth-order valence-electron chi connectivity index (χ4n) is 13.0. The largest absolute Gasteiger partial charge is 0.311 e. The molecule has 0 atom stereocenters. The molecule has 0 N–H and O–H groups in total. The molecule has 12 aromatic carbocycles. The molecule has 76 heavy (non-hydrogen) atoms. The maximum Gasteiger partial charge on any atom is 0.252 e. The van der Waals surface area contributed by atoms with E-state index in [-0.39, 0.29) is 6.71 Å². The smallest absolute Gasteiger partial charge is 0.252 e. The molecule has 0 unspecified atom stereocenters. The molecule has 0 fully saturated rings. The zero-order valence-electron chi connectivity index (χ0n) is 41.8. The van der Waals surface area contributed by atoms with Crippen molar-refractivity contribution in [3.05, 3.63) is 320 Å². The number of benzene rings is 12. The summed E-state index contributed by atoms with van der Waals surface area (Å²) >= 11 is 0. The maximum atomic E-state index is 2.63. The highest BCUT2D eigenvalue weighted by molar-refractivity contribution is 7.00. The van der Waals surface area contributed by atoms with Gasteiger partial charge in [0.1, 0.15) is 0 Å². The first-order valence-corrected chi connectivity index (χ1v) is 26.4. The second-order valence-electron chi connectivity index (χ2n) is 20.3. The van der Waals surface area contributed by atoms with Gasteiger partial charge in [0.05, 0.1) is 5.41 Å². The molecule has 12 aromatic rings. The third-order valence-corrected chi connectivity index (χ3v) is 16.3. The topological polar surface area (TPSA) is 6.48 Å². The fraction of sp³-hybridized carbons (Fsp3) is 0.0137. The van der Waals surface area contributed by atoms with Crippen molar-refractivity contribution >= 4 is 57.2 Å². The quantitative estimate of drug-likeness (QED) is 0.140. The molecular weight excluding hydrogens is 916 g/mol. The van der Waals surface area contributed by atoms with E-state index in [9.17, 15) is 0 Å². The van der Waals surface area contributed by atoms with Gasteiger partial charge in [-0.25, -0.2) is 0 Å². The van der Waals surface area contributed by atoms with Crippen molar-refractivity contribution in [1.82, 2.24) is 0 Å². The van der Waals surface area contributed by atoms with E-state index < -0.39 is 5.41 Å². The summed E-state index contributed by atoms with van der Waals surface area (Å²) in [6.07, 6.45) is 0. The van der Waals surface area contributed by atoms with Crippen molar-refractivity contribution in [2.24, 2.45) is 0 Å². The maximum absolute atomic E-state index is 2.63. The first-order chi connectivity index (χ1) is 37.7. The minimum atomic E-state index is -0.582. The lowest BCUT2D eigenvalue weighted by Gasteiger charge is -2.45. The first-order valence-electron chi connectivity index (χ1n) is 26.4. The van der Waals surface area contributed by atoms with Gasteiger partial charge in [-0.1, -0.05) is 249 Å². The van der Waals surface area contributed by atoms with Crippen LogP contribution in [0.25, 0.3) is 55.6 Å². The van der Waals surface area contributed by atoms with E-state index in [0.29, 0.717) is 0 Å². The standard InChI is InChI=1S/C73H49BN2/c1-7-21-50(22-8-1)54-35-40-60(41-36-54)75-68-44-39-56(52-25-11-3-12-26-52)45-66(68)74-67-49-65-63(62-33-19-20-34-64(62)73(65,58-29-15-5-16-30-58)59-31-17-6-18-32-59)48-69(67)76(61-42-37-55(38-43-61)51-23-9-2-10-24-51)71-47-57(46-70(75)72(71)74)53-27-13-4-14-28-53/h1-49H. The van der Waals surface area contributed by atoms with Crippen molar-refractivity contribution in [3.8, 4) is 55.6 Å². The zero-order chi connectivity index (χ0) is 50.2. The first kappa shape index (κ1) is 43.8. The third-order valence-electron chi connectivity index (χ3n) is 16.3. The third kappa shape index (κ3) is 6.83.